The number of aryl methyl sites for hydroxylation is 1. The third-order valence-corrected chi connectivity index (χ3v) is 5.24. The van der Waals surface area contributed by atoms with E-state index in [-0.39, 0.29) is 5.78 Å². The van der Waals surface area contributed by atoms with Crippen molar-refractivity contribution in [3.05, 3.63) is 131 Å². The minimum absolute atomic E-state index is 0.192. The van der Waals surface area contributed by atoms with E-state index in [9.17, 15) is 9.59 Å². The Hall–Kier alpha value is -4.24. The maximum absolute atomic E-state index is 12.5. The highest BCUT2D eigenvalue weighted by molar-refractivity contribution is 6.10. The number of ketones is 1. The number of hydrogen-bond donors (Lipinski definition) is 0. The molecule has 0 aromatic heterocycles. The van der Waals surface area contributed by atoms with Gasteiger partial charge in [-0.25, -0.2) is 0 Å². The minimum Gasteiger partial charge on any atom is -0.311 e. The van der Waals surface area contributed by atoms with E-state index >= 15 is 0 Å². The first-order chi connectivity index (χ1) is 15.7. The average Bonchev–Trinajstić information content (AvgIpc) is 2.85. The van der Waals surface area contributed by atoms with Gasteiger partial charge >= 0.3 is 0 Å². The van der Waals surface area contributed by atoms with Crippen LogP contribution < -0.4 is 4.90 Å². The molecule has 4 rings (SSSR count). The Morgan fingerprint density at radius 2 is 1.25 bits per heavy atom. The fourth-order valence-corrected chi connectivity index (χ4v) is 3.54. The first-order valence-electron chi connectivity index (χ1n) is 10.4. The lowest BCUT2D eigenvalue weighted by Crippen LogP contribution is -2.09. The highest BCUT2D eigenvalue weighted by Gasteiger charge is 2.12. The molecule has 0 radical (unpaired) electrons. The van der Waals surface area contributed by atoms with Gasteiger partial charge in [0.1, 0.15) is 0 Å². The number of carbonyl (C=O) groups is 2. The van der Waals surface area contributed by atoms with E-state index in [1.165, 1.54) is 11.6 Å². The molecule has 4 aromatic rings. The average molecular weight is 418 g/mol. The van der Waals surface area contributed by atoms with Crippen LogP contribution in [0.2, 0.25) is 0 Å². The van der Waals surface area contributed by atoms with Crippen molar-refractivity contribution in [2.45, 2.75) is 6.92 Å². The van der Waals surface area contributed by atoms with Gasteiger partial charge in [-0.2, -0.15) is 0 Å². The van der Waals surface area contributed by atoms with E-state index in [0.29, 0.717) is 17.4 Å². The first kappa shape index (κ1) is 21.0. The van der Waals surface area contributed by atoms with Crippen LogP contribution in [0.25, 0.3) is 6.08 Å². The number of carbonyl (C=O) groups excluding carboxylic acids is 2. The molecule has 0 atom stereocenters. The van der Waals surface area contributed by atoms with Gasteiger partial charge < -0.3 is 4.90 Å². The summed E-state index contributed by atoms with van der Waals surface area (Å²) in [7, 11) is 0. The van der Waals surface area contributed by atoms with Crippen molar-refractivity contribution in [2.24, 2.45) is 0 Å². The smallest absolute Gasteiger partial charge is 0.186 e. The standard InChI is InChI=1S/C29H23NO2/c1-22-11-16-26(17-12-22)30(25-8-3-2-4-9-25)27-18-13-23(14-19-27)15-20-29(32)28-10-6-5-7-24(28)21-31/h2-21H,1H3/b20-15-. The molecule has 0 spiro atoms. The third kappa shape index (κ3) is 4.73. The van der Waals surface area contributed by atoms with E-state index in [2.05, 4.69) is 48.2 Å². The maximum atomic E-state index is 12.5. The molecule has 156 valence electrons. The van der Waals surface area contributed by atoms with Gasteiger partial charge in [0, 0.05) is 28.2 Å². The van der Waals surface area contributed by atoms with E-state index in [0.717, 1.165) is 22.6 Å². The second-order valence-electron chi connectivity index (χ2n) is 7.50. The third-order valence-electron chi connectivity index (χ3n) is 5.24. The molecular formula is C29H23NO2. The second-order valence-corrected chi connectivity index (χ2v) is 7.50. The normalized spacial score (nSPS) is 10.8. The Morgan fingerprint density at radius 3 is 1.91 bits per heavy atom. The molecule has 0 amide bonds. The van der Waals surface area contributed by atoms with E-state index < -0.39 is 0 Å². The molecule has 0 saturated heterocycles. The number of allylic oxidation sites excluding steroid dienone is 1. The fourth-order valence-electron chi connectivity index (χ4n) is 3.54. The highest BCUT2D eigenvalue weighted by atomic mass is 16.1. The Kier molecular flexibility index (Phi) is 6.38. The van der Waals surface area contributed by atoms with Crippen LogP contribution in [0.1, 0.15) is 31.8 Å². The SMILES string of the molecule is Cc1ccc(N(c2ccccc2)c2ccc(/C=C\C(=O)c3ccccc3C=O)cc2)cc1. The summed E-state index contributed by atoms with van der Waals surface area (Å²) in [5.74, 6) is -0.192. The number of anilines is 3. The minimum atomic E-state index is -0.192. The maximum Gasteiger partial charge on any atom is 0.186 e. The summed E-state index contributed by atoms with van der Waals surface area (Å²) in [5.41, 5.74) is 6.09. The molecule has 0 unspecified atom stereocenters. The van der Waals surface area contributed by atoms with Gasteiger partial charge in [0.25, 0.3) is 0 Å². The predicted octanol–water partition coefficient (Wildman–Crippen LogP) is 7.17. The van der Waals surface area contributed by atoms with Gasteiger partial charge in [-0.3, -0.25) is 9.59 Å². The van der Waals surface area contributed by atoms with Crippen molar-refractivity contribution < 1.29 is 9.59 Å². The molecule has 0 aliphatic rings. The molecule has 3 nitrogen and oxygen atoms in total. The number of nitrogens with zero attached hydrogens (tertiary/aromatic N) is 1. The van der Waals surface area contributed by atoms with Crippen LogP contribution in [0.4, 0.5) is 17.1 Å². The molecule has 0 heterocycles. The second kappa shape index (κ2) is 9.71. The zero-order valence-corrected chi connectivity index (χ0v) is 17.8. The lowest BCUT2D eigenvalue weighted by Gasteiger charge is -2.25. The summed E-state index contributed by atoms with van der Waals surface area (Å²) in [6, 6.07) is 33.5. The molecule has 0 aliphatic heterocycles. The Balaban J connectivity index is 1.61. The number of hydrogen-bond acceptors (Lipinski definition) is 3. The van der Waals surface area contributed by atoms with Crippen LogP contribution in [0.15, 0.2) is 109 Å². The summed E-state index contributed by atoms with van der Waals surface area (Å²) in [6.45, 7) is 2.08. The van der Waals surface area contributed by atoms with Gasteiger partial charge in [0.15, 0.2) is 12.1 Å². The lowest BCUT2D eigenvalue weighted by molar-refractivity contribution is 0.103. The number of aldehydes is 1. The van der Waals surface area contributed by atoms with Crippen molar-refractivity contribution in [1.82, 2.24) is 0 Å². The molecule has 0 saturated carbocycles. The largest absolute Gasteiger partial charge is 0.311 e. The summed E-state index contributed by atoms with van der Waals surface area (Å²) < 4.78 is 0. The van der Waals surface area contributed by atoms with E-state index in [1.54, 1.807) is 30.3 Å². The topological polar surface area (TPSA) is 37.4 Å². The van der Waals surface area contributed by atoms with Crippen LogP contribution in [-0.2, 0) is 0 Å². The highest BCUT2D eigenvalue weighted by Crippen LogP contribution is 2.34. The Morgan fingerprint density at radius 1 is 0.688 bits per heavy atom. The number of rotatable bonds is 7. The lowest BCUT2D eigenvalue weighted by atomic mass is 10.0. The van der Waals surface area contributed by atoms with E-state index in [1.807, 2.05) is 42.5 Å². The zero-order chi connectivity index (χ0) is 22.3. The van der Waals surface area contributed by atoms with Crippen LogP contribution in [-0.4, -0.2) is 12.1 Å². The molecule has 0 N–H and O–H groups in total. The Bertz CT molecular complexity index is 1240. The quantitative estimate of drug-likeness (QED) is 0.182. The van der Waals surface area contributed by atoms with Crippen LogP contribution in [0.3, 0.4) is 0 Å². The molecule has 0 bridgehead atoms. The van der Waals surface area contributed by atoms with Gasteiger partial charge in [0.05, 0.1) is 0 Å². The molecule has 32 heavy (non-hydrogen) atoms. The molecule has 4 aromatic carbocycles. The van der Waals surface area contributed by atoms with Gasteiger partial charge in [-0.05, 0) is 55.0 Å². The van der Waals surface area contributed by atoms with Crippen molar-refractivity contribution in [2.75, 3.05) is 4.90 Å². The van der Waals surface area contributed by atoms with Crippen molar-refractivity contribution in [1.29, 1.82) is 0 Å². The van der Waals surface area contributed by atoms with Crippen molar-refractivity contribution in [3.63, 3.8) is 0 Å². The van der Waals surface area contributed by atoms with Crippen molar-refractivity contribution in [3.8, 4) is 0 Å². The van der Waals surface area contributed by atoms with Crippen LogP contribution in [0.5, 0.6) is 0 Å². The fraction of sp³-hybridized carbons (Fsp3) is 0.0345. The van der Waals surface area contributed by atoms with Crippen LogP contribution >= 0.6 is 0 Å². The zero-order valence-electron chi connectivity index (χ0n) is 17.8. The summed E-state index contributed by atoms with van der Waals surface area (Å²) in [5, 5.41) is 0. The summed E-state index contributed by atoms with van der Waals surface area (Å²) in [6.07, 6.45) is 3.98. The van der Waals surface area contributed by atoms with Crippen LogP contribution in [0, 0.1) is 6.92 Å². The van der Waals surface area contributed by atoms with Gasteiger partial charge in [-0.1, -0.05) is 78.4 Å². The first-order valence-corrected chi connectivity index (χ1v) is 10.4. The van der Waals surface area contributed by atoms with E-state index in [4.69, 9.17) is 0 Å². The summed E-state index contributed by atoms with van der Waals surface area (Å²) >= 11 is 0. The summed E-state index contributed by atoms with van der Waals surface area (Å²) in [4.78, 5) is 25.9. The van der Waals surface area contributed by atoms with Gasteiger partial charge in [-0.15, -0.1) is 0 Å². The van der Waals surface area contributed by atoms with Crippen molar-refractivity contribution >= 4 is 35.2 Å². The monoisotopic (exact) mass is 417 g/mol. The molecule has 0 fully saturated rings. The number of benzene rings is 4. The molecular weight excluding hydrogens is 394 g/mol. The van der Waals surface area contributed by atoms with Gasteiger partial charge in [0.2, 0.25) is 0 Å². The number of para-hydroxylation sites is 1. The molecule has 0 aliphatic carbocycles. The Labute approximate surface area is 188 Å². The molecule has 3 heteroatoms. The predicted molar refractivity (Wildman–Crippen MR) is 131 cm³/mol.